The van der Waals surface area contributed by atoms with Gasteiger partial charge in [-0.1, -0.05) is 50.2 Å². The first-order valence-corrected chi connectivity index (χ1v) is 13.9. The quantitative estimate of drug-likeness (QED) is 0.358. The molecule has 9 heteroatoms. The molecule has 3 rings (SSSR count). The Morgan fingerprint density at radius 2 is 1.66 bits per heavy atom. The van der Waals surface area contributed by atoms with Gasteiger partial charge in [-0.25, -0.2) is 12.8 Å². The third-order valence-electron chi connectivity index (χ3n) is 6.25. The Morgan fingerprint density at radius 1 is 1.00 bits per heavy atom. The van der Waals surface area contributed by atoms with E-state index >= 15 is 0 Å². The van der Waals surface area contributed by atoms with Crippen molar-refractivity contribution in [2.45, 2.75) is 44.2 Å². The lowest BCUT2D eigenvalue weighted by Gasteiger charge is -2.31. The van der Waals surface area contributed by atoms with Gasteiger partial charge in [0.1, 0.15) is 11.6 Å². The molecule has 0 spiro atoms. The van der Waals surface area contributed by atoms with E-state index in [0.29, 0.717) is 5.75 Å². The second-order valence-corrected chi connectivity index (χ2v) is 11.6. The summed E-state index contributed by atoms with van der Waals surface area (Å²) in [4.78, 5) is 13.2. The van der Waals surface area contributed by atoms with Gasteiger partial charge < -0.3 is 15.2 Å². The molecule has 0 aromatic heterocycles. The molecule has 0 radical (unpaired) electrons. The molecule has 204 valence electrons. The molecule has 0 aliphatic rings. The molecule has 2 unspecified atom stereocenters. The molecular formula is C29H35FN2O5S. The van der Waals surface area contributed by atoms with Crippen LogP contribution in [0.5, 0.6) is 5.75 Å². The van der Waals surface area contributed by atoms with Crippen molar-refractivity contribution in [3.8, 4) is 5.75 Å². The zero-order valence-electron chi connectivity index (χ0n) is 22.1. The number of aliphatic hydroxyl groups is 1. The standard InChI is InChI=1S/C29H35FN2O5S/c1-20(2)18-32(38(35,36)24-15-13-23(37-4)14-16-24)19-28(33)27(17-22-9-6-5-7-10-22)31-29(34)25-11-8-12-26(30)21(25)3/h5-16,20,27-28,33H,17-19H2,1-4H3,(H,31,34). The van der Waals surface area contributed by atoms with Crippen molar-refractivity contribution in [1.82, 2.24) is 9.62 Å². The maximum Gasteiger partial charge on any atom is 0.251 e. The number of halogens is 1. The van der Waals surface area contributed by atoms with Gasteiger partial charge in [0.2, 0.25) is 10.0 Å². The molecule has 0 aliphatic heterocycles. The lowest BCUT2D eigenvalue weighted by Crippen LogP contribution is -2.51. The Hall–Kier alpha value is -3.27. The van der Waals surface area contributed by atoms with Crippen molar-refractivity contribution in [2.24, 2.45) is 5.92 Å². The molecule has 0 saturated carbocycles. The molecule has 2 atom stereocenters. The largest absolute Gasteiger partial charge is 0.497 e. The molecule has 0 saturated heterocycles. The molecular weight excluding hydrogens is 507 g/mol. The minimum Gasteiger partial charge on any atom is -0.497 e. The van der Waals surface area contributed by atoms with Crippen LogP contribution in [-0.4, -0.2) is 56.1 Å². The average molecular weight is 543 g/mol. The maximum atomic E-state index is 14.1. The Bertz CT molecular complexity index is 1310. The highest BCUT2D eigenvalue weighted by Crippen LogP contribution is 2.22. The van der Waals surface area contributed by atoms with Crippen LogP contribution in [0.3, 0.4) is 0 Å². The van der Waals surface area contributed by atoms with Crippen LogP contribution >= 0.6 is 0 Å². The molecule has 0 aliphatic carbocycles. The number of carbonyl (C=O) groups is 1. The van der Waals surface area contributed by atoms with Crippen LogP contribution in [-0.2, 0) is 16.4 Å². The fraction of sp³-hybridized carbons (Fsp3) is 0.345. The van der Waals surface area contributed by atoms with E-state index < -0.39 is 33.9 Å². The number of hydrogen-bond donors (Lipinski definition) is 2. The third kappa shape index (κ3) is 7.40. The topological polar surface area (TPSA) is 95.9 Å². The summed E-state index contributed by atoms with van der Waals surface area (Å²) in [5, 5.41) is 14.2. The summed E-state index contributed by atoms with van der Waals surface area (Å²) in [5.74, 6) is -0.549. The number of amides is 1. The summed E-state index contributed by atoms with van der Waals surface area (Å²) in [6, 6.07) is 18.7. The fourth-order valence-electron chi connectivity index (χ4n) is 4.16. The first kappa shape index (κ1) is 29.3. The number of benzene rings is 3. The summed E-state index contributed by atoms with van der Waals surface area (Å²) in [6.45, 7) is 5.21. The fourth-order valence-corrected chi connectivity index (χ4v) is 5.78. The number of sulfonamides is 1. The van der Waals surface area contributed by atoms with Crippen molar-refractivity contribution in [3.63, 3.8) is 0 Å². The molecule has 0 bridgehead atoms. The Labute approximate surface area is 224 Å². The van der Waals surface area contributed by atoms with Crippen LogP contribution < -0.4 is 10.1 Å². The number of rotatable bonds is 12. The van der Waals surface area contributed by atoms with E-state index in [1.54, 1.807) is 12.1 Å². The maximum absolute atomic E-state index is 14.1. The van der Waals surface area contributed by atoms with E-state index in [2.05, 4.69) is 5.32 Å². The third-order valence-corrected chi connectivity index (χ3v) is 8.09. The normalized spacial score (nSPS) is 13.4. The summed E-state index contributed by atoms with van der Waals surface area (Å²) in [5.41, 5.74) is 1.20. The van der Waals surface area contributed by atoms with Gasteiger partial charge in [-0.2, -0.15) is 4.31 Å². The monoisotopic (exact) mass is 542 g/mol. The van der Waals surface area contributed by atoms with Gasteiger partial charge in [0.25, 0.3) is 5.91 Å². The van der Waals surface area contributed by atoms with Crippen molar-refractivity contribution in [2.75, 3.05) is 20.2 Å². The van der Waals surface area contributed by atoms with Crippen LogP contribution in [0.15, 0.2) is 77.7 Å². The minimum absolute atomic E-state index is 0.0210. The van der Waals surface area contributed by atoms with Crippen LogP contribution in [0.4, 0.5) is 4.39 Å². The van der Waals surface area contributed by atoms with E-state index in [1.807, 2.05) is 44.2 Å². The van der Waals surface area contributed by atoms with Gasteiger partial charge >= 0.3 is 0 Å². The van der Waals surface area contributed by atoms with Crippen molar-refractivity contribution < 1.29 is 27.4 Å². The number of methoxy groups -OCH3 is 1. The van der Waals surface area contributed by atoms with Crippen molar-refractivity contribution in [3.05, 3.63) is 95.3 Å². The Balaban J connectivity index is 1.91. The zero-order valence-corrected chi connectivity index (χ0v) is 22.9. The molecule has 1 amide bonds. The predicted molar refractivity (Wildman–Crippen MR) is 145 cm³/mol. The van der Waals surface area contributed by atoms with Crippen molar-refractivity contribution in [1.29, 1.82) is 0 Å². The second kappa shape index (κ2) is 13.0. The minimum atomic E-state index is -3.96. The van der Waals surface area contributed by atoms with E-state index in [1.165, 1.54) is 48.7 Å². The number of nitrogens with one attached hydrogen (secondary N) is 1. The number of aliphatic hydroxyl groups excluding tert-OH is 1. The van der Waals surface area contributed by atoms with E-state index in [-0.39, 0.29) is 41.5 Å². The lowest BCUT2D eigenvalue weighted by molar-refractivity contribution is 0.0775. The molecule has 7 nitrogen and oxygen atoms in total. The molecule has 2 N–H and O–H groups in total. The number of nitrogens with zero attached hydrogens (tertiary/aromatic N) is 1. The van der Waals surface area contributed by atoms with Gasteiger partial charge in [0, 0.05) is 18.7 Å². The molecule has 0 fully saturated rings. The Kier molecular flexibility index (Phi) is 10.0. The number of hydrogen-bond acceptors (Lipinski definition) is 5. The van der Waals surface area contributed by atoms with Gasteiger partial charge in [0.15, 0.2) is 0 Å². The molecule has 38 heavy (non-hydrogen) atoms. The summed E-state index contributed by atoms with van der Waals surface area (Å²) >= 11 is 0. The Morgan fingerprint density at radius 3 is 2.26 bits per heavy atom. The van der Waals surface area contributed by atoms with Gasteiger partial charge in [-0.05, 0) is 66.8 Å². The predicted octanol–water partition coefficient (Wildman–Crippen LogP) is 4.19. The van der Waals surface area contributed by atoms with E-state index in [0.717, 1.165) is 5.56 Å². The second-order valence-electron chi connectivity index (χ2n) is 9.64. The average Bonchev–Trinajstić information content (AvgIpc) is 2.89. The van der Waals surface area contributed by atoms with Crippen LogP contribution in [0.2, 0.25) is 0 Å². The highest BCUT2D eigenvalue weighted by molar-refractivity contribution is 7.89. The summed E-state index contributed by atoms with van der Waals surface area (Å²) in [6.07, 6.45) is -1.000. The molecule has 3 aromatic carbocycles. The van der Waals surface area contributed by atoms with E-state index in [9.17, 15) is 22.7 Å². The molecule has 0 heterocycles. The number of ether oxygens (including phenoxy) is 1. The first-order valence-electron chi connectivity index (χ1n) is 12.4. The highest BCUT2D eigenvalue weighted by Gasteiger charge is 2.31. The van der Waals surface area contributed by atoms with Crippen molar-refractivity contribution >= 4 is 15.9 Å². The van der Waals surface area contributed by atoms with E-state index in [4.69, 9.17) is 4.74 Å². The van der Waals surface area contributed by atoms with Crippen LogP contribution in [0.1, 0.15) is 35.3 Å². The SMILES string of the molecule is COc1ccc(S(=O)(=O)N(CC(C)C)CC(O)C(Cc2ccccc2)NC(=O)c2cccc(F)c2C)cc1. The summed E-state index contributed by atoms with van der Waals surface area (Å²) in [7, 11) is -2.46. The highest BCUT2D eigenvalue weighted by atomic mass is 32.2. The van der Waals surface area contributed by atoms with Gasteiger partial charge in [-0.15, -0.1) is 0 Å². The zero-order chi connectivity index (χ0) is 27.9. The van der Waals surface area contributed by atoms with Crippen LogP contribution in [0, 0.1) is 18.7 Å². The van der Waals surface area contributed by atoms with Gasteiger partial charge in [-0.3, -0.25) is 4.79 Å². The van der Waals surface area contributed by atoms with Crippen LogP contribution in [0.25, 0.3) is 0 Å². The number of carbonyl (C=O) groups excluding carboxylic acids is 1. The lowest BCUT2D eigenvalue weighted by atomic mass is 9.99. The summed E-state index contributed by atoms with van der Waals surface area (Å²) < 4.78 is 47.6. The smallest absolute Gasteiger partial charge is 0.251 e. The van der Waals surface area contributed by atoms with Gasteiger partial charge in [0.05, 0.1) is 24.2 Å². The first-order chi connectivity index (χ1) is 18.0. The molecule has 3 aromatic rings.